The number of benzene rings is 2. The summed E-state index contributed by atoms with van der Waals surface area (Å²) in [4.78, 5) is 22.9. The fourth-order valence-electron chi connectivity index (χ4n) is 7.18. The van der Waals surface area contributed by atoms with Crippen molar-refractivity contribution in [1.29, 1.82) is 0 Å². The number of rotatable bonds is 4. The standard InChI is InChI=1S/2C12H18O7.2C8H11N/c2*1-10(2)15-5-6-7(17-10)8-12(16-6,9(13)14)19-11(3,4)18-8;2*1-7(9)8-5-3-2-4-6-8/h2*6-8H,5H2,1-4H3,(H,13,14);2*2-7H,9H2,1H3/t2*6-,7+,8-,12+;2*7-/m0011/s1. The minimum Gasteiger partial charge on any atom is -0.544 e. The predicted molar refractivity (Wildman–Crippen MR) is 191 cm³/mol. The van der Waals surface area contributed by atoms with E-state index in [1.54, 1.807) is 55.4 Å². The van der Waals surface area contributed by atoms with Crippen molar-refractivity contribution in [3.05, 3.63) is 71.8 Å². The molecule has 6 aliphatic heterocycles. The number of quaternary nitrogens is 2. The third kappa shape index (κ3) is 9.60. The monoisotopic (exact) mass is 790 g/mol. The highest BCUT2D eigenvalue weighted by molar-refractivity contribution is 5.76. The molecule has 0 amide bonds. The van der Waals surface area contributed by atoms with Gasteiger partial charge in [-0.15, -0.1) is 0 Å². The van der Waals surface area contributed by atoms with Gasteiger partial charge in [-0.1, -0.05) is 60.7 Å². The molecule has 10 atom stereocenters. The first-order valence-corrected chi connectivity index (χ1v) is 18.9. The van der Waals surface area contributed by atoms with Gasteiger partial charge in [-0.2, -0.15) is 0 Å². The lowest BCUT2D eigenvalue weighted by molar-refractivity contribution is -0.420. The molecular weight excluding hydrogens is 732 g/mol. The van der Waals surface area contributed by atoms with E-state index in [0.29, 0.717) is 12.1 Å². The van der Waals surface area contributed by atoms with Gasteiger partial charge in [0.15, 0.2) is 23.1 Å². The second kappa shape index (κ2) is 16.3. The Balaban J connectivity index is 0.000000152. The first-order valence-electron chi connectivity index (χ1n) is 18.9. The zero-order valence-corrected chi connectivity index (χ0v) is 33.9. The number of carbonyl (C=O) groups is 2. The number of hydrogen-bond donors (Lipinski definition) is 2. The number of hydrogen-bond acceptors (Lipinski definition) is 14. The highest BCUT2D eigenvalue weighted by Gasteiger charge is 2.69. The molecule has 6 N–H and O–H groups in total. The normalized spacial score (nSPS) is 35.9. The Morgan fingerprint density at radius 3 is 1.14 bits per heavy atom. The Hall–Kier alpha value is -3.10. The fraction of sp³-hybridized carbons (Fsp3) is 0.650. The lowest BCUT2D eigenvalue weighted by Crippen LogP contribution is -2.56. The van der Waals surface area contributed by atoms with E-state index in [4.69, 9.17) is 47.4 Å². The van der Waals surface area contributed by atoms with Crippen molar-refractivity contribution in [1.82, 2.24) is 0 Å². The number of aliphatic carboxylic acids is 2. The number of carboxylic acid groups (broad SMARTS) is 2. The van der Waals surface area contributed by atoms with E-state index in [9.17, 15) is 19.8 Å². The van der Waals surface area contributed by atoms with Crippen LogP contribution in [0.3, 0.4) is 0 Å². The van der Waals surface area contributed by atoms with Gasteiger partial charge in [0.05, 0.1) is 13.2 Å². The van der Waals surface area contributed by atoms with Gasteiger partial charge in [0.1, 0.15) is 60.6 Å². The maximum absolute atomic E-state index is 11.5. The molecular formula is C40H58N2O14. The van der Waals surface area contributed by atoms with E-state index in [-0.39, 0.29) is 13.2 Å². The van der Waals surface area contributed by atoms with Crippen LogP contribution in [0.2, 0.25) is 0 Å². The van der Waals surface area contributed by atoms with E-state index in [0.717, 1.165) is 0 Å². The van der Waals surface area contributed by atoms with Crippen LogP contribution < -0.4 is 21.7 Å². The Morgan fingerprint density at radius 1 is 0.554 bits per heavy atom. The smallest absolute Gasteiger partial charge is 0.242 e. The Bertz CT molecular complexity index is 1530. The molecule has 2 aromatic carbocycles. The Morgan fingerprint density at radius 2 is 0.875 bits per heavy atom. The SMILES string of the molecule is CC1(C)OC[C@@H]2O[C@@]3(C(=O)[O-])OC(C)(C)O[C@H]3[C@@H]2O1.CC1(C)OC[C@@H]2O[C@@]3(C(=O)[O-])OC(C)(C)O[C@H]3[C@@H]2O1.C[C@@H]([NH3+])c1ccccc1.C[C@@H]([NH3+])c1ccccc1. The van der Waals surface area contributed by atoms with Crippen LogP contribution in [0.1, 0.15) is 92.4 Å². The molecule has 0 spiro atoms. The third-order valence-electron chi connectivity index (χ3n) is 9.68. The van der Waals surface area contributed by atoms with E-state index in [1.165, 1.54) is 11.1 Å². The van der Waals surface area contributed by atoms with Crippen molar-refractivity contribution in [2.24, 2.45) is 0 Å². The summed E-state index contributed by atoms with van der Waals surface area (Å²) in [5, 5.41) is 22.9. The third-order valence-corrected chi connectivity index (χ3v) is 9.68. The van der Waals surface area contributed by atoms with Crippen molar-refractivity contribution in [2.75, 3.05) is 13.2 Å². The van der Waals surface area contributed by atoms with Crippen molar-refractivity contribution in [3.63, 3.8) is 0 Å². The minimum absolute atomic E-state index is 0.219. The summed E-state index contributed by atoms with van der Waals surface area (Å²) >= 11 is 0. The Labute approximate surface area is 327 Å². The van der Waals surface area contributed by atoms with Crippen molar-refractivity contribution < 1.29 is 78.6 Å². The van der Waals surface area contributed by atoms with Crippen LogP contribution in [0.25, 0.3) is 0 Å². The minimum atomic E-state index is -1.93. The average molecular weight is 791 g/mol. The molecule has 16 nitrogen and oxygen atoms in total. The van der Waals surface area contributed by atoms with Gasteiger partial charge in [0.2, 0.25) is 11.6 Å². The van der Waals surface area contributed by atoms with Crippen LogP contribution in [0.15, 0.2) is 60.7 Å². The van der Waals surface area contributed by atoms with E-state index < -0.39 is 83.3 Å². The molecule has 312 valence electrons. The quantitative estimate of drug-likeness (QED) is 0.423. The molecule has 2 aromatic rings. The van der Waals surface area contributed by atoms with Crippen LogP contribution in [0, 0.1) is 0 Å². The predicted octanol–water partition coefficient (Wildman–Crippen LogP) is 0.248. The molecule has 0 radical (unpaired) electrons. The zero-order chi connectivity index (χ0) is 41.5. The van der Waals surface area contributed by atoms with Gasteiger partial charge in [-0.05, 0) is 69.2 Å². The molecule has 8 rings (SSSR count). The molecule has 0 saturated carbocycles. The van der Waals surface area contributed by atoms with Crippen LogP contribution in [0.4, 0.5) is 0 Å². The summed E-state index contributed by atoms with van der Waals surface area (Å²) < 4.78 is 55.6. The first-order chi connectivity index (χ1) is 25.9. The lowest BCUT2D eigenvalue weighted by Gasteiger charge is -2.38. The summed E-state index contributed by atoms with van der Waals surface area (Å²) in [7, 11) is 0. The second-order valence-electron chi connectivity index (χ2n) is 16.5. The summed E-state index contributed by atoms with van der Waals surface area (Å²) in [6.45, 7) is 18.1. The highest BCUT2D eigenvalue weighted by Crippen LogP contribution is 2.50. The second-order valence-corrected chi connectivity index (χ2v) is 16.5. The van der Waals surface area contributed by atoms with Crippen LogP contribution in [-0.2, 0) is 57.0 Å². The van der Waals surface area contributed by atoms with Gasteiger partial charge in [-0.25, -0.2) is 0 Å². The zero-order valence-electron chi connectivity index (χ0n) is 33.9. The summed E-state index contributed by atoms with van der Waals surface area (Å²) in [5.74, 6) is -10.5. The van der Waals surface area contributed by atoms with Crippen molar-refractivity contribution in [3.8, 4) is 0 Å². The molecule has 6 heterocycles. The van der Waals surface area contributed by atoms with Gasteiger partial charge < -0.3 is 78.6 Å². The summed E-state index contributed by atoms with van der Waals surface area (Å²) in [6.07, 6.45) is -3.98. The van der Waals surface area contributed by atoms with Gasteiger partial charge in [0, 0.05) is 11.1 Å². The number of fused-ring (bicyclic) bond motifs is 6. The molecule has 0 unspecified atom stereocenters. The van der Waals surface area contributed by atoms with Crippen LogP contribution in [-0.4, -0.2) is 96.5 Å². The maximum atomic E-state index is 11.5. The average Bonchev–Trinajstić information content (AvgIpc) is 3.76. The van der Waals surface area contributed by atoms with Crippen molar-refractivity contribution in [2.45, 2.75) is 153 Å². The van der Waals surface area contributed by atoms with Crippen LogP contribution in [0.5, 0.6) is 0 Å². The number of carbonyl (C=O) groups excluding carboxylic acids is 2. The topological polar surface area (TPSA) is 228 Å². The number of carboxylic acids is 2. The fourth-order valence-corrected chi connectivity index (χ4v) is 7.18. The molecule has 0 bridgehead atoms. The maximum Gasteiger partial charge on any atom is 0.242 e. The van der Waals surface area contributed by atoms with E-state index >= 15 is 0 Å². The van der Waals surface area contributed by atoms with Crippen LogP contribution >= 0.6 is 0 Å². The lowest BCUT2D eigenvalue weighted by atomic mass is 10.0. The molecule has 6 fully saturated rings. The molecule has 16 heteroatoms. The summed E-state index contributed by atoms with van der Waals surface area (Å²) in [5.41, 5.74) is 10.4. The number of ether oxygens (including phenoxy) is 10. The van der Waals surface area contributed by atoms with Gasteiger partial charge in [0.25, 0.3) is 0 Å². The van der Waals surface area contributed by atoms with Gasteiger partial charge in [-0.3, -0.25) is 0 Å². The molecule has 0 aromatic heterocycles. The largest absolute Gasteiger partial charge is 0.544 e. The van der Waals surface area contributed by atoms with Crippen molar-refractivity contribution >= 4 is 11.9 Å². The molecule has 6 saturated heterocycles. The summed E-state index contributed by atoms with van der Waals surface area (Å²) in [6, 6.07) is 21.4. The molecule has 56 heavy (non-hydrogen) atoms. The first kappa shape index (κ1) is 44.0. The molecule has 6 aliphatic rings. The van der Waals surface area contributed by atoms with E-state index in [2.05, 4.69) is 49.6 Å². The van der Waals surface area contributed by atoms with E-state index in [1.807, 2.05) is 36.4 Å². The highest BCUT2D eigenvalue weighted by atomic mass is 16.9. The molecule has 0 aliphatic carbocycles. The Kier molecular flexibility index (Phi) is 12.8. The van der Waals surface area contributed by atoms with Gasteiger partial charge >= 0.3 is 0 Å².